The first kappa shape index (κ1) is 17.4. The van der Waals surface area contributed by atoms with Gasteiger partial charge < -0.3 is 5.32 Å². The third-order valence-electron chi connectivity index (χ3n) is 3.75. The molecule has 0 aliphatic rings. The lowest BCUT2D eigenvalue weighted by Gasteiger charge is -2.06. The first-order chi connectivity index (χ1) is 11.8. The van der Waals surface area contributed by atoms with Crippen LogP contribution in [0.4, 0.5) is 16.5 Å². The van der Waals surface area contributed by atoms with E-state index in [1.165, 1.54) is 22.5 Å². The molecule has 0 bridgehead atoms. The summed E-state index contributed by atoms with van der Waals surface area (Å²) in [6.07, 6.45) is 1.13. The standard InChI is InChI=1S/C18H19N3O2S2/c1-12-4-7-16(10-13(12)2)19-18-20-17(11-24-18)14-5-8-15(9-6-14)21-25(3,22)23/h4-11,21H,1-3H3,(H,19,20). The van der Waals surface area contributed by atoms with Crippen molar-refractivity contribution in [2.75, 3.05) is 16.3 Å². The van der Waals surface area contributed by atoms with Crippen molar-refractivity contribution >= 4 is 37.9 Å². The highest BCUT2D eigenvalue weighted by Crippen LogP contribution is 2.28. The fourth-order valence-corrected chi connectivity index (χ4v) is 3.63. The van der Waals surface area contributed by atoms with Crippen LogP contribution in [0.3, 0.4) is 0 Å². The number of sulfonamides is 1. The van der Waals surface area contributed by atoms with Gasteiger partial charge in [0.05, 0.1) is 11.9 Å². The smallest absolute Gasteiger partial charge is 0.229 e. The van der Waals surface area contributed by atoms with E-state index in [0.29, 0.717) is 5.69 Å². The molecule has 0 atom stereocenters. The van der Waals surface area contributed by atoms with Gasteiger partial charge in [0, 0.05) is 22.3 Å². The minimum atomic E-state index is -3.27. The number of nitrogens with zero attached hydrogens (tertiary/aromatic N) is 1. The number of hydrogen-bond acceptors (Lipinski definition) is 5. The summed E-state index contributed by atoms with van der Waals surface area (Å²) in [5, 5.41) is 6.11. The van der Waals surface area contributed by atoms with Gasteiger partial charge in [0.25, 0.3) is 0 Å². The Hall–Kier alpha value is -2.38. The molecular formula is C18H19N3O2S2. The second kappa shape index (κ2) is 6.85. The summed E-state index contributed by atoms with van der Waals surface area (Å²) in [4.78, 5) is 4.60. The number of anilines is 3. The first-order valence-corrected chi connectivity index (χ1v) is 10.5. The van der Waals surface area contributed by atoms with Crippen LogP contribution in [0.5, 0.6) is 0 Å². The summed E-state index contributed by atoms with van der Waals surface area (Å²) in [6, 6.07) is 13.4. The Balaban J connectivity index is 1.75. The molecule has 0 fully saturated rings. The van der Waals surface area contributed by atoms with Gasteiger partial charge in [0.1, 0.15) is 0 Å². The zero-order valence-corrected chi connectivity index (χ0v) is 15.8. The third-order valence-corrected chi connectivity index (χ3v) is 5.11. The molecule has 2 aromatic carbocycles. The van der Waals surface area contributed by atoms with Crippen LogP contribution in [0.1, 0.15) is 11.1 Å². The minimum absolute atomic E-state index is 0.537. The molecule has 5 nitrogen and oxygen atoms in total. The van der Waals surface area contributed by atoms with Gasteiger partial charge in [-0.1, -0.05) is 18.2 Å². The van der Waals surface area contributed by atoms with Crippen LogP contribution in [-0.2, 0) is 10.0 Å². The number of aryl methyl sites for hydroxylation is 2. The Morgan fingerprint density at radius 1 is 0.960 bits per heavy atom. The van der Waals surface area contributed by atoms with E-state index in [4.69, 9.17) is 0 Å². The Labute approximate surface area is 151 Å². The minimum Gasteiger partial charge on any atom is -0.332 e. The zero-order valence-electron chi connectivity index (χ0n) is 14.2. The molecule has 0 amide bonds. The average Bonchev–Trinajstić information content (AvgIpc) is 2.99. The third kappa shape index (κ3) is 4.58. The molecule has 130 valence electrons. The van der Waals surface area contributed by atoms with E-state index in [1.54, 1.807) is 12.1 Å². The Morgan fingerprint density at radius 3 is 2.28 bits per heavy atom. The van der Waals surface area contributed by atoms with E-state index in [-0.39, 0.29) is 0 Å². The molecule has 25 heavy (non-hydrogen) atoms. The molecule has 1 aromatic heterocycles. The molecule has 0 saturated carbocycles. The number of thiazole rings is 1. The summed E-state index contributed by atoms with van der Waals surface area (Å²) in [6.45, 7) is 4.17. The maximum atomic E-state index is 11.2. The number of aromatic nitrogens is 1. The molecule has 0 radical (unpaired) electrons. The number of benzene rings is 2. The van der Waals surface area contributed by atoms with Crippen molar-refractivity contribution in [1.82, 2.24) is 4.98 Å². The Bertz CT molecular complexity index is 993. The maximum absolute atomic E-state index is 11.2. The van der Waals surface area contributed by atoms with E-state index in [0.717, 1.165) is 28.3 Å². The second-order valence-electron chi connectivity index (χ2n) is 5.91. The van der Waals surface area contributed by atoms with E-state index in [9.17, 15) is 8.42 Å². The van der Waals surface area contributed by atoms with Crippen LogP contribution in [0.15, 0.2) is 47.8 Å². The van der Waals surface area contributed by atoms with E-state index in [1.807, 2.05) is 23.6 Å². The van der Waals surface area contributed by atoms with Crippen LogP contribution in [0, 0.1) is 13.8 Å². The molecule has 0 saturated heterocycles. The molecule has 0 spiro atoms. The van der Waals surface area contributed by atoms with E-state index >= 15 is 0 Å². The molecule has 7 heteroatoms. The van der Waals surface area contributed by atoms with Crippen molar-refractivity contribution in [3.05, 3.63) is 59.0 Å². The van der Waals surface area contributed by atoms with Crippen LogP contribution in [0.2, 0.25) is 0 Å². The van der Waals surface area contributed by atoms with Gasteiger partial charge in [-0.2, -0.15) is 0 Å². The summed E-state index contributed by atoms with van der Waals surface area (Å²) in [5.41, 5.74) is 5.82. The van der Waals surface area contributed by atoms with Crippen LogP contribution >= 0.6 is 11.3 Å². The van der Waals surface area contributed by atoms with Gasteiger partial charge in [-0.3, -0.25) is 4.72 Å². The van der Waals surface area contributed by atoms with Crippen molar-refractivity contribution in [2.45, 2.75) is 13.8 Å². The zero-order chi connectivity index (χ0) is 18.0. The van der Waals surface area contributed by atoms with Crippen molar-refractivity contribution < 1.29 is 8.42 Å². The van der Waals surface area contributed by atoms with Crippen LogP contribution in [0.25, 0.3) is 11.3 Å². The average molecular weight is 374 g/mol. The van der Waals surface area contributed by atoms with Crippen molar-refractivity contribution in [2.24, 2.45) is 0 Å². The highest BCUT2D eigenvalue weighted by molar-refractivity contribution is 7.92. The van der Waals surface area contributed by atoms with Crippen molar-refractivity contribution in [3.63, 3.8) is 0 Å². The number of rotatable bonds is 5. The summed E-state index contributed by atoms with van der Waals surface area (Å²) >= 11 is 1.53. The van der Waals surface area contributed by atoms with Crippen molar-refractivity contribution in [1.29, 1.82) is 0 Å². The largest absolute Gasteiger partial charge is 0.332 e. The second-order valence-corrected chi connectivity index (χ2v) is 8.52. The monoisotopic (exact) mass is 373 g/mol. The quantitative estimate of drug-likeness (QED) is 0.689. The molecule has 0 unspecified atom stereocenters. The van der Waals surface area contributed by atoms with Gasteiger partial charge in [-0.05, 0) is 49.2 Å². The molecule has 0 aliphatic carbocycles. The van der Waals surface area contributed by atoms with Crippen LogP contribution in [-0.4, -0.2) is 19.7 Å². The fraction of sp³-hybridized carbons (Fsp3) is 0.167. The van der Waals surface area contributed by atoms with Gasteiger partial charge in [-0.15, -0.1) is 11.3 Å². The lowest BCUT2D eigenvalue weighted by atomic mass is 10.1. The fourth-order valence-electron chi connectivity index (χ4n) is 2.33. The summed E-state index contributed by atoms with van der Waals surface area (Å²) in [7, 11) is -3.27. The van der Waals surface area contributed by atoms with Crippen LogP contribution < -0.4 is 10.0 Å². The SMILES string of the molecule is Cc1ccc(Nc2nc(-c3ccc(NS(C)(=O)=O)cc3)cs2)cc1C. The van der Waals surface area contributed by atoms with Crippen molar-refractivity contribution in [3.8, 4) is 11.3 Å². The van der Waals surface area contributed by atoms with Gasteiger partial charge in [0.15, 0.2) is 5.13 Å². The Kier molecular flexibility index (Phi) is 4.78. The first-order valence-electron chi connectivity index (χ1n) is 7.68. The number of nitrogens with one attached hydrogen (secondary N) is 2. The molecule has 1 heterocycles. The lowest BCUT2D eigenvalue weighted by Crippen LogP contribution is -2.09. The van der Waals surface area contributed by atoms with Gasteiger partial charge in [0.2, 0.25) is 10.0 Å². The predicted molar refractivity (Wildman–Crippen MR) is 105 cm³/mol. The van der Waals surface area contributed by atoms with Gasteiger partial charge >= 0.3 is 0 Å². The Morgan fingerprint density at radius 2 is 1.64 bits per heavy atom. The molecule has 3 rings (SSSR count). The van der Waals surface area contributed by atoms with Gasteiger partial charge in [-0.25, -0.2) is 13.4 Å². The van der Waals surface area contributed by atoms with E-state index in [2.05, 4.69) is 41.0 Å². The molecular weight excluding hydrogens is 354 g/mol. The lowest BCUT2D eigenvalue weighted by molar-refractivity contribution is 0.607. The molecule has 3 aromatic rings. The highest BCUT2D eigenvalue weighted by Gasteiger charge is 2.07. The normalized spacial score (nSPS) is 11.3. The predicted octanol–water partition coefficient (Wildman–Crippen LogP) is 4.54. The van der Waals surface area contributed by atoms with E-state index < -0.39 is 10.0 Å². The number of hydrogen-bond donors (Lipinski definition) is 2. The maximum Gasteiger partial charge on any atom is 0.229 e. The summed E-state index contributed by atoms with van der Waals surface area (Å²) in [5.74, 6) is 0. The molecule has 0 aliphatic heterocycles. The topological polar surface area (TPSA) is 71.1 Å². The summed E-state index contributed by atoms with van der Waals surface area (Å²) < 4.78 is 24.9. The molecule has 2 N–H and O–H groups in total. The highest BCUT2D eigenvalue weighted by atomic mass is 32.2.